The number of amides is 2. The molecule has 0 atom stereocenters. The second kappa shape index (κ2) is 9.43. The van der Waals surface area contributed by atoms with E-state index in [1.54, 1.807) is 41.0 Å². The molecule has 0 aliphatic carbocycles. The van der Waals surface area contributed by atoms with Crippen molar-refractivity contribution < 1.29 is 9.59 Å². The van der Waals surface area contributed by atoms with E-state index < -0.39 is 0 Å². The maximum Gasteiger partial charge on any atom is 0.282 e. The molecular weight excluding hydrogens is 466 g/mol. The molecule has 5 rings (SSSR count). The van der Waals surface area contributed by atoms with Crippen molar-refractivity contribution in [2.24, 2.45) is 7.05 Å². The lowest BCUT2D eigenvalue weighted by molar-refractivity contribution is -0.117. The molecule has 0 bridgehead atoms. The molecule has 1 fully saturated rings. The van der Waals surface area contributed by atoms with E-state index in [9.17, 15) is 14.4 Å². The van der Waals surface area contributed by atoms with Gasteiger partial charge in [0.2, 0.25) is 5.91 Å². The largest absolute Gasteiger partial charge is 0.356 e. The molecule has 0 radical (unpaired) electrons. The molecule has 0 saturated carbocycles. The van der Waals surface area contributed by atoms with Gasteiger partial charge in [0.1, 0.15) is 5.69 Å². The average molecular weight is 492 g/mol. The Hall–Kier alpha value is -3.83. The number of thiazole rings is 1. The maximum atomic E-state index is 13.5. The van der Waals surface area contributed by atoms with Gasteiger partial charge in [-0.15, -0.1) is 11.3 Å². The third kappa shape index (κ3) is 4.73. The second-order valence-corrected chi connectivity index (χ2v) is 9.42. The number of piperazine rings is 1. The number of nitrogens with zero attached hydrogens (tertiary/aromatic N) is 6. The van der Waals surface area contributed by atoms with Crippen LogP contribution in [0.3, 0.4) is 0 Å². The van der Waals surface area contributed by atoms with Crippen LogP contribution in [0.25, 0.3) is 16.9 Å². The number of aryl methyl sites for hydroxylation is 2. The Balaban J connectivity index is 1.29. The number of carbonyl (C=O) groups is 2. The van der Waals surface area contributed by atoms with E-state index in [0.717, 1.165) is 5.69 Å². The molecule has 0 unspecified atom stereocenters. The van der Waals surface area contributed by atoms with Crippen molar-refractivity contribution in [2.45, 2.75) is 6.92 Å². The summed E-state index contributed by atoms with van der Waals surface area (Å²) < 4.78 is 3.05. The highest BCUT2D eigenvalue weighted by Gasteiger charge is 2.29. The Morgan fingerprint density at radius 1 is 1.09 bits per heavy atom. The first-order valence-electron chi connectivity index (χ1n) is 11.3. The molecule has 0 spiro atoms. The third-order valence-electron chi connectivity index (χ3n) is 5.92. The van der Waals surface area contributed by atoms with E-state index in [2.05, 4.69) is 15.4 Å². The highest BCUT2D eigenvalue weighted by molar-refractivity contribution is 7.13. The predicted molar refractivity (Wildman–Crippen MR) is 133 cm³/mol. The first-order valence-corrected chi connectivity index (χ1v) is 12.1. The number of rotatable bonds is 5. The monoisotopic (exact) mass is 491 g/mol. The second-order valence-electron chi connectivity index (χ2n) is 8.56. The normalized spacial score (nSPS) is 14.4. The van der Waals surface area contributed by atoms with Crippen molar-refractivity contribution in [3.8, 4) is 16.9 Å². The Labute approximate surface area is 205 Å². The first-order chi connectivity index (χ1) is 16.9. The molecular formula is C24H25N7O3S. The highest BCUT2D eigenvalue weighted by atomic mass is 32.1. The molecule has 10 nitrogen and oxygen atoms in total. The van der Waals surface area contributed by atoms with E-state index >= 15 is 0 Å². The van der Waals surface area contributed by atoms with Gasteiger partial charge >= 0.3 is 0 Å². The highest BCUT2D eigenvalue weighted by Crippen LogP contribution is 2.24. The Bertz CT molecular complexity index is 1400. The van der Waals surface area contributed by atoms with Crippen LogP contribution in [0.1, 0.15) is 16.1 Å². The molecule has 2 aromatic rings. The molecule has 3 aliphatic rings. The van der Waals surface area contributed by atoms with E-state index in [-0.39, 0.29) is 23.9 Å². The number of pyridine rings is 1. The summed E-state index contributed by atoms with van der Waals surface area (Å²) in [4.78, 5) is 46.8. The first kappa shape index (κ1) is 22.9. The molecule has 2 amide bonds. The number of carbonyl (C=O) groups excluding carboxylic acids is 2. The van der Waals surface area contributed by atoms with Crippen LogP contribution < -0.4 is 10.9 Å². The zero-order chi connectivity index (χ0) is 24.5. The summed E-state index contributed by atoms with van der Waals surface area (Å²) in [6, 6.07) is 9.16. The number of aromatic nitrogens is 4. The van der Waals surface area contributed by atoms with E-state index in [1.165, 1.54) is 16.0 Å². The molecule has 1 aromatic carbocycles. The topological polar surface area (TPSA) is 105 Å². The lowest BCUT2D eigenvalue weighted by atomic mass is 10.1. The fourth-order valence-corrected chi connectivity index (χ4v) is 4.89. The summed E-state index contributed by atoms with van der Waals surface area (Å²) in [5, 5.41) is 9.81. The predicted octanol–water partition coefficient (Wildman–Crippen LogP) is 1.84. The maximum absolute atomic E-state index is 13.5. The molecule has 1 aromatic heterocycles. The minimum Gasteiger partial charge on any atom is -0.356 e. The molecule has 4 heterocycles. The van der Waals surface area contributed by atoms with Crippen molar-refractivity contribution in [1.29, 1.82) is 0 Å². The molecule has 1 saturated heterocycles. The number of hydrogen-bond donors (Lipinski definition) is 1. The van der Waals surface area contributed by atoms with E-state index in [0.29, 0.717) is 53.8 Å². The lowest BCUT2D eigenvalue weighted by Gasteiger charge is -2.34. The molecule has 3 aliphatic heterocycles. The van der Waals surface area contributed by atoms with Crippen molar-refractivity contribution in [1.82, 2.24) is 29.1 Å². The zero-order valence-electron chi connectivity index (χ0n) is 19.5. The summed E-state index contributed by atoms with van der Waals surface area (Å²) in [7, 11) is 1.79. The third-order valence-corrected chi connectivity index (χ3v) is 6.80. The zero-order valence-corrected chi connectivity index (χ0v) is 20.3. The van der Waals surface area contributed by atoms with Gasteiger partial charge in [-0.05, 0) is 19.1 Å². The van der Waals surface area contributed by atoms with Gasteiger partial charge in [0.15, 0.2) is 5.13 Å². The van der Waals surface area contributed by atoms with Gasteiger partial charge in [0.25, 0.3) is 11.5 Å². The van der Waals surface area contributed by atoms with Crippen LogP contribution in [0, 0.1) is 6.92 Å². The SMILES string of the molecule is Cc1csc(NC(=O)CN2CCN(C(=O)c3cn(C)cc4c(=O)n(-c5ccccc5)nc3-4)CC2)n1. The van der Waals surface area contributed by atoms with Crippen LogP contribution in [0.2, 0.25) is 0 Å². The fraction of sp³-hybridized carbons (Fsp3) is 0.292. The molecule has 180 valence electrons. The van der Waals surface area contributed by atoms with Crippen LogP contribution in [-0.2, 0) is 11.8 Å². The summed E-state index contributed by atoms with van der Waals surface area (Å²) in [6.07, 6.45) is 3.41. The number of hydrogen-bond acceptors (Lipinski definition) is 7. The standard InChI is InChI=1S/C24H25N7O3S/c1-16-15-35-24(25-16)26-20(32)14-29-8-10-30(11-9-29)22(33)18-12-28(2)13-19-21(18)27-31(23(19)34)17-6-4-3-5-7-17/h3-7,12-13,15H,8-11,14H2,1-2H3,(H,25,26,32). The minimum atomic E-state index is -0.261. The molecule has 1 N–H and O–H groups in total. The van der Waals surface area contributed by atoms with Gasteiger partial charge in [-0.2, -0.15) is 9.78 Å². The van der Waals surface area contributed by atoms with Crippen LogP contribution >= 0.6 is 11.3 Å². The van der Waals surface area contributed by atoms with Crippen LogP contribution in [0.4, 0.5) is 5.13 Å². The van der Waals surface area contributed by atoms with Gasteiger partial charge < -0.3 is 14.8 Å². The van der Waals surface area contributed by atoms with Gasteiger partial charge in [-0.1, -0.05) is 18.2 Å². The number of anilines is 1. The van der Waals surface area contributed by atoms with Gasteiger partial charge in [0.05, 0.1) is 29.1 Å². The number of fused-ring (bicyclic) bond motifs is 1. The van der Waals surface area contributed by atoms with Crippen LogP contribution in [0.5, 0.6) is 0 Å². The van der Waals surface area contributed by atoms with Crippen LogP contribution in [0.15, 0.2) is 52.9 Å². The Morgan fingerprint density at radius 2 is 1.83 bits per heavy atom. The quantitative estimate of drug-likeness (QED) is 0.457. The summed E-state index contributed by atoms with van der Waals surface area (Å²) >= 11 is 1.40. The van der Waals surface area contributed by atoms with Gasteiger partial charge in [-0.25, -0.2) is 4.98 Å². The summed E-state index contributed by atoms with van der Waals surface area (Å²) in [6.45, 7) is 4.23. The minimum absolute atomic E-state index is 0.120. The number of para-hydroxylation sites is 1. The summed E-state index contributed by atoms with van der Waals surface area (Å²) in [5.74, 6) is -0.295. The Kier molecular flexibility index (Phi) is 6.18. The number of benzene rings is 1. The van der Waals surface area contributed by atoms with Crippen molar-refractivity contribution in [3.05, 3.63) is 69.7 Å². The smallest absolute Gasteiger partial charge is 0.282 e. The average Bonchev–Trinajstić information content (AvgIpc) is 3.41. The molecule has 35 heavy (non-hydrogen) atoms. The van der Waals surface area contributed by atoms with E-state index in [1.807, 2.05) is 35.4 Å². The molecule has 11 heteroatoms. The van der Waals surface area contributed by atoms with Gasteiger partial charge in [0, 0.05) is 51.0 Å². The summed E-state index contributed by atoms with van der Waals surface area (Å²) in [5.41, 5.74) is 2.44. The van der Waals surface area contributed by atoms with Gasteiger partial charge in [-0.3, -0.25) is 19.3 Å². The van der Waals surface area contributed by atoms with Crippen LogP contribution in [-0.4, -0.2) is 73.7 Å². The number of nitrogens with one attached hydrogen (secondary N) is 1. The van der Waals surface area contributed by atoms with E-state index in [4.69, 9.17) is 0 Å². The van der Waals surface area contributed by atoms with Crippen molar-refractivity contribution >= 4 is 28.3 Å². The fourth-order valence-electron chi connectivity index (χ4n) is 4.19. The lowest BCUT2D eigenvalue weighted by Crippen LogP contribution is -2.50. The van der Waals surface area contributed by atoms with Crippen molar-refractivity contribution in [2.75, 3.05) is 38.0 Å². The Morgan fingerprint density at radius 3 is 2.51 bits per heavy atom. The van der Waals surface area contributed by atoms with Crippen molar-refractivity contribution in [3.63, 3.8) is 0 Å².